The third-order valence-electron chi connectivity index (χ3n) is 16.3. The molecule has 400 valence electrons. The number of hydrogen-bond acceptors (Lipinski definition) is 11. The Morgan fingerprint density at radius 3 is 1.61 bits per heavy atom. The van der Waals surface area contributed by atoms with E-state index in [-0.39, 0.29) is 45.5 Å². The quantitative estimate of drug-likeness (QED) is 0.112. The first-order valence-corrected chi connectivity index (χ1v) is 28.7. The minimum Gasteiger partial charge on any atom is -0.386 e. The number of nitrogens with zero attached hydrogens (tertiary/aromatic N) is 11. The van der Waals surface area contributed by atoms with Gasteiger partial charge < -0.3 is 19.0 Å². The number of rotatable bonds is 13. The lowest BCUT2D eigenvalue weighted by atomic mass is 9.59. The number of pyridine rings is 1. The van der Waals surface area contributed by atoms with Gasteiger partial charge in [-0.3, -0.25) is 4.98 Å². The zero-order valence-corrected chi connectivity index (χ0v) is 43.9. The second-order valence-electron chi connectivity index (χ2n) is 21.5. The van der Waals surface area contributed by atoms with Crippen molar-refractivity contribution in [2.45, 2.75) is 117 Å². The van der Waals surface area contributed by atoms with Crippen molar-refractivity contribution in [2.75, 3.05) is 0 Å². The first-order valence-electron chi connectivity index (χ1n) is 25.8. The van der Waals surface area contributed by atoms with Crippen molar-refractivity contribution < 1.29 is 39.9 Å². The topological polar surface area (TPSA) is 196 Å². The van der Waals surface area contributed by atoms with Crippen molar-refractivity contribution in [1.29, 1.82) is 0 Å². The van der Waals surface area contributed by atoms with Crippen LogP contribution >= 0.6 is 0 Å². The van der Waals surface area contributed by atoms with Gasteiger partial charge in [0.15, 0.2) is 10.1 Å². The number of aryl methyl sites for hydroxylation is 2. The highest BCUT2D eigenvalue weighted by Crippen LogP contribution is 2.57. The number of hydrogen-bond donors (Lipinski definition) is 1. The van der Waals surface area contributed by atoms with E-state index in [0.717, 1.165) is 71.3 Å². The van der Waals surface area contributed by atoms with Crippen molar-refractivity contribution in [1.82, 2.24) is 52.3 Å². The molecule has 5 aromatic heterocycles. The zero-order valence-electron chi connectivity index (χ0n) is 42.3. The van der Waals surface area contributed by atoms with E-state index in [1.54, 1.807) is 77.9 Å². The lowest BCUT2D eigenvalue weighted by Crippen LogP contribution is -2.50. The Morgan fingerprint density at radius 2 is 1.13 bits per heavy atom. The number of aliphatic hydroxyl groups excluding tert-OH is 1. The molecule has 17 nitrogen and oxygen atoms in total. The van der Waals surface area contributed by atoms with Crippen LogP contribution in [0.25, 0.3) is 23.5 Å². The maximum atomic E-state index is 14.3. The Hall–Kier alpha value is -6.85. The highest BCUT2D eigenvalue weighted by molar-refractivity contribution is 7.89. The molecule has 0 bridgehead atoms. The average Bonchev–Trinajstić information content (AvgIpc) is 4.26. The van der Waals surface area contributed by atoms with Crippen LogP contribution in [0.15, 0.2) is 126 Å². The number of carbonyl (C=O) groups is 1. The summed E-state index contributed by atoms with van der Waals surface area (Å²) in [7, 11) is -4.18. The molecule has 0 spiro atoms. The predicted molar refractivity (Wildman–Crippen MR) is 276 cm³/mol. The molecule has 4 saturated carbocycles. The SMILES string of the molecule is Cn1cnc(S(=O)(=O)N(C2CC2)[C@H]2CCC3=Cc4c(cnn4-c4ccc(F)cc4)C[C@]3(C(O)c3cc(F)ccn3)C2)c1.Cn1cnc(S(=O)(=O)N(C2CC2)[C@H]2CCC3=Cc4c(cnn4-c4ccc(F)cc4)C[C@]3(C=O)C2)c1. The molecule has 0 radical (unpaired) electrons. The molecule has 4 fully saturated rings. The number of aldehydes is 1. The number of sulfonamides is 2. The normalized spacial score (nSPS) is 23.4. The number of benzene rings is 2. The maximum Gasteiger partial charge on any atom is 0.262 e. The molecule has 0 amide bonds. The summed E-state index contributed by atoms with van der Waals surface area (Å²) in [6, 6.07) is 13.8. The summed E-state index contributed by atoms with van der Waals surface area (Å²) in [6.45, 7) is 0. The van der Waals surface area contributed by atoms with Crippen LogP contribution in [0.4, 0.5) is 13.2 Å². The number of carbonyl (C=O) groups excluding carboxylic acids is 1. The monoisotopic (exact) mass is 1090 g/mol. The van der Waals surface area contributed by atoms with E-state index in [1.807, 2.05) is 12.2 Å². The molecule has 6 aliphatic carbocycles. The number of fused-ring (bicyclic) bond motifs is 4. The smallest absolute Gasteiger partial charge is 0.262 e. The molecule has 0 saturated heterocycles. The number of imidazole rings is 2. The molecule has 1 N–H and O–H groups in total. The van der Waals surface area contributed by atoms with Crippen molar-refractivity contribution in [3.05, 3.63) is 161 Å². The van der Waals surface area contributed by atoms with E-state index in [1.165, 1.54) is 67.6 Å². The van der Waals surface area contributed by atoms with E-state index < -0.39 is 48.8 Å². The summed E-state index contributed by atoms with van der Waals surface area (Å²) in [6.07, 6.45) is 21.8. The Morgan fingerprint density at radius 1 is 0.636 bits per heavy atom. The van der Waals surface area contributed by atoms with Crippen LogP contribution in [0.3, 0.4) is 0 Å². The molecule has 77 heavy (non-hydrogen) atoms. The Balaban J connectivity index is 0.000000157. The van der Waals surface area contributed by atoms with Gasteiger partial charge in [0.05, 0.1) is 58.9 Å². The molecule has 2 aromatic carbocycles. The van der Waals surface area contributed by atoms with Crippen molar-refractivity contribution >= 4 is 38.5 Å². The predicted octanol–water partition coefficient (Wildman–Crippen LogP) is 7.62. The first kappa shape index (κ1) is 50.9. The highest BCUT2D eigenvalue weighted by atomic mass is 32.2. The van der Waals surface area contributed by atoms with Gasteiger partial charge in [-0.25, -0.2) is 49.3 Å². The third-order valence-corrected chi connectivity index (χ3v) is 20.1. The summed E-state index contributed by atoms with van der Waals surface area (Å²) in [5.74, 6) is -1.17. The van der Waals surface area contributed by atoms with Crippen LogP contribution in [0.2, 0.25) is 0 Å². The van der Waals surface area contributed by atoms with Gasteiger partial charge in [0.2, 0.25) is 0 Å². The number of aromatic nitrogens is 9. The summed E-state index contributed by atoms with van der Waals surface area (Å²) in [5, 5.41) is 21.1. The lowest BCUT2D eigenvalue weighted by molar-refractivity contribution is -0.116. The highest BCUT2D eigenvalue weighted by Gasteiger charge is 2.55. The minimum atomic E-state index is -3.90. The van der Waals surface area contributed by atoms with Gasteiger partial charge in [-0.1, -0.05) is 11.1 Å². The Kier molecular flexibility index (Phi) is 12.7. The van der Waals surface area contributed by atoms with Crippen LogP contribution in [0.5, 0.6) is 0 Å². The second kappa shape index (κ2) is 19.3. The fourth-order valence-electron chi connectivity index (χ4n) is 12.3. The third kappa shape index (κ3) is 9.19. The summed E-state index contributed by atoms with van der Waals surface area (Å²) in [5.41, 5.74) is 5.36. The van der Waals surface area contributed by atoms with E-state index >= 15 is 0 Å². The van der Waals surface area contributed by atoms with Gasteiger partial charge in [0.25, 0.3) is 20.0 Å². The van der Waals surface area contributed by atoms with Crippen LogP contribution in [-0.4, -0.2) is 105 Å². The van der Waals surface area contributed by atoms with Gasteiger partial charge >= 0.3 is 0 Å². The summed E-state index contributed by atoms with van der Waals surface area (Å²) < 4.78 is 106. The van der Waals surface area contributed by atoms with Crippen LogP contribution in [-0.2, 0) is 51.8 Å². The van der Waals surface area contributed by atoms with Gasteiger partial charge in [0.1, 0.15) is 29.8 Å². The summed E-state index contributed by atoms with van der Waals surface area (Å²) in [4.78, 5) is 25.2. The standard InChI is InChI=1S/C30H30F2N6O3S.C25H26FN5O3S/c1-36-17-28(34-18-36)42(40,41)38(24-8-9-24)25-5-2-20-12-27-19(16-35-37(27)23-6-3-21(31)4-7-23)14-30(20,15-25)29(39)26-13-22(32)10-11-33-26;1-29-14-24(27-16-29)35(33,34)31(21-8-9-21)22-5-2-18-10-23-17(11-25(18,12-22)15-32)13-28-30(23)20-6-3-19(26)4-7-20/h3-4,6-7,10-13,16-18,24-25,29,39H,2,5,8-9,14-15H2,1H3;3-4,6-7,10,13-16,21-22H,2,5,8-9,11-12H2,1H3/t25-,29?,30-;22-,25+/m00/s1. The molecule has 22 heteroatoms. The van der Waals surface area contributed by atoms with Crippen molar-refractivity contribution in [3.63, 3.8) is 0 Å². The van der Waals surface area contributed by atoms with Crippen LogP contribution < -0.4 is 0 Å². The van der Waals surface area contributed by atoms with E-state index in [2.05, 4.69) is 25.1 Å². The molecule has 5 atom stereocenters. The molecular formula is C55H56F3N11O6S2. The van der Waals surface area contributed by atoms with E-state index in [4.69, 9.17) is 0 Å². The largest absolute Gasteiger partial charge is 0.386 e. The fraction of sp³-hybridized carbons (Fsp3) is 0.382. The first-order chi connectivity index (χ1) is 37.0. The van der Waals surface area contributed by atoms with Gasteiger partial charge in [-0.15, -0.1) is 0 Å². The Labute approximate surface area is 443 Å². The van der Waals surface area contributed by atoms with Gasteiger partial charge in [-0.05, 0) is 161 Å². The van der Waals surface area contributed by atoms with Crippen molar-refractivity contribution in [3.8, 4) is 11.4 Å². The molecule has 7 aromatic rings. The Bertz CT molecular complexity index is 3720. The molecule has 5 heterocycles. The average molecular weight is 1090 g/mol. The lowest BCUT2D eigenvalue weighted by Gasteiger charge is -2.49. The van der Waals surface area contributed by atoms with E-state index in [9.17, 15) is 39.9 Å². The number of halogens is 3. The number of aliphatic hydroxyl groups is 1. The molecule has 1 unspecified atom stereocenters. The second-order valence-corrected chi connectivity index (χ2v) is 25.1. The fourth-order valence-corrected chi connectivity index (χ4v) is 16.1. The van der Waals surface area contributed by atoms with E-state index in [0.29, 0.717) is 57.1 Å². The molecule has 13 rings (SSSR count). The van der Waals surface area contributed by atoms with Crippen LogP contribution in [0, 0.1) is 28.3 Å². The number of allylic oxidation sites excluding steroid dienone is 1. The van der Waals surface area contributed by atoms with Crippen molar-refractivity contribution in [2.24, 2.45) is 24.9 Å². The van der Waals surface area contributed by atoms with Gasteiger partial charge in [-0.2, -0.15) is 18.8 Å². The molecule has 6 aliphatic rings. The molecular weight excluding hydrogens is 1030 g/mol. The maximum absolute atomic E-state index is 14.3. The van der Waals surface area contributed by atoms with Crippen LogP contribution in [0.1, 0.15) is 98.5 Å². The molecule has 0 aliphatic heterocycles. The minimum absolute atomic E-state index is 0.00568. The van der Waals surface area contributed by atoms with Gasteiger partial charge in [0, 0.05) is 62.3 Å². The zero-order chi connectivity index (χ0) is 53.6. The summed E-state index contributed by atoms with van der Waals surface area (Å²) >= 11 is 0.